The fourth-order valence-corrected chi connectivity index (χ4v) is 2.74. The van der Waals surface area contributed by atoms with Crippen LogP contribution in [0.3, 0.4) is 0 Å². The monoisotopic (exact) mass is 152 g/mol. The molecular formula is C7H12N4. The Hall–Kier alpha value is -0.610. The van der Waals surface area contributed by atoms with Crippen LogP contribution in [-0.2, 0) is 0 Å². The van der Waals surface area contributed by atoms with Crippen molar-refractivity contribution in [1.82, 2.24) is 10.3 Å². The molecule has 1 saturated heterocycles. The Labute approximate surface area is 65.4 Å². The number of hydrazine groups is 1. The number of nitrogens with one attached hydrogen (secondary N) is 1. The minimum Gasteiger partial charge on any atom is -0.312 e. The largest absolute Gasteiger partial charge is 0.312 e. The van der Waals surface area contributed by atoms with Crippen LogP contribution in [0.25, 0.3) is 0 Å². The number of amidine groups is 1. The summed E-state index contributed by atoms with van der Waals surface area (Å²) in [4.78, 5) is 6.75. The van der Waals surface area contributed by atoms with Crippen LogP contribution in [0.15, 0.2) is 4.99 Å². The number of rotatable bonds is 0. The molecule has 0 aromatic carbocycles. The standard InChI is InChI=1S/C7H12N4/c1-11-5-4-6(10-8)9-3-2-7(4,5)11/h4-5H,2-3,8H2,1H3,(H,9,10). The van der Waals surface area contributed by atoms with Gasteiger partial charge in [-0.3, -0.25) is 9.89 Å². The summed E-state index contributed by atoms with van der Waals surface area (Å²) in [5.74, 6) is 7.02. The summed E-state index contributed by atoms with van der Waals surface area (Å²) in [6.45, 7) is 0.941. The van der Waals surface area contributed by atoms with Gasteiger partial charge in [-0.1, -0.05) is 0 Å². The van der Waals surface area contributed by atoms with Crippen molar-refractivity contribution >= 4 is 5.84 Å². The van der Waals surface area contributed by atoms with E-state index >= 15 is 0 Å². The van der Waals surface area contributed by atoms with E-state index in [-0.39, 0.29) is 0 Å². The average molecular weight is 152 g/mol. The third-order valence-electron chi connectivity index (χ3n) is 3.50. The molecule has 0 amide bonds. The number of likely N-dealkylation sites (N-methyl/N-ethyl adjacent to an activating group) is 1. The van der Waals surface area contributed by atoms with Gasteiger partial charge in [-0.25, -0.2) is 5.84 Å². The van der Waals surface area contributed by atoms with Crippen molar-refractivity contribution in [1.29, 1.82) is 0 Å². The zero-order valence-corrected chi connectivity index (χ0v) is 6.54. The van der Waals surface area contributed by atoms with Crippen LogP contribution >= 0.6 is 0 Å². The van der Waals surface area contributed by atoms with E-state index < -0.39 is 0 Å². The van der Waals surface area contributed by atoms with Gasteiger partial charge in [0.1, 0.15) is 5.84 Å². The lowest BCUT2D eigenvalue weighted by atomic mass is 10.1. The number of hydrogen-bond acceptors (Lipinski definition) is 4. The molecule has 60 valence electrons. The van der Waals surface area contributed by atoms with Crippen LogP contribution in [-0.4, -0.2) is 35.9 Å². The molecule has 2 aliphatic heterocycles. The fraction of sp³-hybridized carbons (Fsp3) is 0.857. The van der Waals surface area contributed by atoms with Crippen molar-refractivity contribution in [2.24, 2.45) is 16.8 Å². The Kier molecular flexibility index (Phi) is 0.784. The Balaban J connectivity index is 1.89. The number of nitrogens with zero attached hydrogens (tertiary/aromatic N) is 2. The van der Waals surface area contributed by atoms with Gasteiger partial charge < -0.3 is 5.43 Å². The summed E-state index contributed by atoms with van der Waals surface area (Å²) in [7, 11) is 2.18. The highest BCUT2D eigenvalue weighted by atomic mass is 15.5. The Bertz CT molecular complexity index is 249. The highest BCUT2D eigenvalue weighted by Gasteiger charge is 2.85. The Morgan fingerprint density at radius 3 is 3.27 bits per heavy atom. The molecule has 0 aromatic rings. The smallest absolute Gasteiger partial charge is 0.117 e. The molecule has 4 unspecified atom stereocenters. The normalized spacial score (nSPS) is 57.3. The third-order valence-corrected chi connectivity index (χ3v) is 3.50. The molecule has 1 aliphatic carbocycles. The van der Waals surface area contributed by atoms with Gasteiger partial charge in [0.15, 0.2) is 0 Å². The second kappa shape index (κ2) is 1.44. The van der Waals surface area contributed by atoms with Crippen LogP contribution in [0.2, 0.25) is 0 Å². The molecule has 1 saturated carbocycles. The summed E-state index contributed by atoms with van der Waals surface area (Å²) in [6, 6.07) is 0.764. The molecule has 2 heterocycles. The van der Waals surface area contributed by atoms with Gasteiger partial charge in [-0.2, -0.15) is 0 Å². The van der Waals surface area contributed by atoms with Crippen LogP contribution in [0, 0.1) is 5.92 Å². The summed E-state index contributed by atoms with van der Waals surface area (Å²) < 4.78 is 0. The van der Waals surface area contributed by atoms with E-state index in [4.69, 9.17) is 5.84 Å². The van der Waals surface area contributed by atoms with Gasteiger partial charge in [0.2, 0.25) is 0 Å². The maximum atomic E-state index is 5.35. The van der Waals surface area contributed by atoms with Gasteiger partial charge >= 0.3 is 0 Å². The zero-order valence-electron chi connectivity index (χ0n) is 6.54. The first kappa shape index (κ1) is 5.97. The van der Waals surface area contributed by atoms with Gasteiger partial charge in [0.25, 0.3) is 0 Å². The number of fused-ring (bicyclic) bond motifs is 1. The lowest BCUT2D eigenvalue weighted by molar-refractivity contribution is 0.344. The highest BCUT2D eigenvalue weighted by Crippen LogP contribution is 2.70. The molecule has 4 nitrogen and oxygen atoms in total. The lowest BCUT2D eigenvalue weighted by Gasteiger charge is -2.23. The van der Waals surface area contributed by atoms with Crippen molar-refractivity contribution in [3.8, 4) is 0 Å². The SMILES string of the molecule is CN1C2C3C(NN)=NCCC321. The molecule has 11 heavy (non-hydrogen) atoms. The first-order valence-corrected chi connectivity index (χ1v) is 4.06. The molecule has 1 spiro atoms. The van der Waals surface area contributed by atoms with E-state index in [0.717, 1.165) is 18.4 Å². The second-order valence-corrected chi connectivity index (χ2v) is 3.69. The van der Waals surface area contributed by atoms with E-state index in [9.17, 15) is 0 Å². The van der Waals surface area contributed by atoms with Crippen molar-refractivity contribution in [2.75, 3.05) is 13.6 Å². The molecule has 4 atom stereocenters. The van der Waals surface area contributed by atoms with Crippen LogP contribution in [0.4, 0.5) is 0 Å². The minimum atomic E-state index is 0.503. The first-order valence-electron chi connectivity index (χ1n) is 4.06. The molecular weight excluding hydrogens is 140 g/mol. The second-order valence-electron chi connectivity index (χ2n) is 3.69. The van der Waals surface area contributed by atoms with E-state index in [1.165, 1.54) is 6.42 Å². The molecule has 3 N–H and O–H groups in total. The van der Waals surface area contributed by atoms with E-state index in [1.54, 1.807) is 0 Å². The molecule has 4 heteroatoms. The molecule has 3 rings (SSSR count). The molecule has 2 fully saturated rings. The fourth-order valence-electron chi connectivity index (χ4n) is 2.74. The molecule has 0 radical (unpaired) electrons. The quantitative estimate of drug-likeness (QED) is 0.264. The number of hydrogen-bond donors (Lipinski definition) is 2. The van der Waals surface area contributed by atoms with Crippen molar-refractivity contribution in [2.45, 2.75) is 18.0 Å². The lowest BCUT2D eigenvalue weighted by Crippen LogP contribution is -2.42. The predicted molar refractivity (Wildman–Crippen MR) is 42.0 cm³/mol. The maximum Gasteiger partial charge on any atom is 0.117 e. The topological polar surface area (TPSA) is 53.4 Å². The Morgan fingerprint density at radius 1 is 1.82 bits per heavy atom. The molecule has 0 aromatic heterocycles. The van der Waals surface area contributed by atoms with Gasteiger partial charge in [-0.05, 0) is 13.5 Å². The third kappa shape index (κ3) is 0.434. The van der Waals surface area contributed by atoms with Crippen molar-refractivity contribution in [3.63, 3.8) is 0 Å². The van der Waals surface area contributed by atoms with Crippen LogP contribution in [0.5, 0.6) is 0 Å². The predicted octanol–water partition coefficient (Wildman–Crippen LogP) is -1.07. The van der Waals surface area contributed by atoms with Crippen LogP contribution < -0.4 is 11.3 Å². The summed E-state index contributed by atoms with van der Waals surface area (Å²) in [5, 5.41) is 0. The summed E-state index contributed by atoms with van der Waals surface area (Å²) >= 11 is 0. The maximum absolute atomic E-state index is 5.35. The minimum absolute atomic E-state index is 0.503. The molecule has 0 bridgehead atoms. The molecule has 3 aliphatic rings. The van der Waals surface area contributed by atoms with E-state index in [0.29, 0.717) is 11.5 Å². The van der Waals surface area contributed by atoms with Gasteiger partial charge in [0, 0.05) is 12.6 Å². The van der Waals surface area contributed by atoms with Gasteiger partial charge in [-0.15, -0.1) is 0 Å². The zero-order chi connectivity index (χ0) is 7.64. The average Bonchev–Trinajstić information content (AvgIpc) is 2.87. The Morgan fingerprint density at radius 2 is 2.64 bits per heavy atom. The van der Waals surface area contributed by atoms with Gasteiger partial charge in [0.05, 0.1) is 11.5 Å². The number of aliphatic imine (C=N–C) groups is 1. The summed E-state index contributed by atoms with van der Waals surface area (Å²) in [5.41, 5.74) is 3.20. The van der Waals surface area contributed by atoms with Crippen molar-refractivity contribution < 1.29 is 0 Å². The van der Waals surface area contributed by atoms with Crippen LogP contribution in [0.1, 0.15) is 6.42 Å². The van der Waals surface area contributed by atoms with E-state index in [2.05, 4.69) is 22.4 Å². The number of likely N-dealkylation sites (tertiary alicyclic amines) is 1. The van der Waals surface area contributed by atoms with E-state index in [1.807, 2.05) is 0 Å². The first-order chi connectivity index (χ1) is 5.32. The number of nitrogens with two attached hydrogens (primary N) is 1. The highest BCUT2D eigenvalue weighted by molar-refractivity contribution is 5.93. The van der Waals surface area contributed by atoms with Crippen molar-refractivity contribution in [3.05, 3.63) is 0 Å². The summed E-state index contributed by atoms with van der Waals surface area (Å²) in [6.07, 6.45) is 1.23.